The maximum atomic E-state index is 10.9. The fraction of sp³-hybridized carbons (Fsp3) is 0.500. The maximum absolute atomic E-state index is 10.9. The fourth-order valence-corrected chi connectivity index (χ4v) is 1.70. The highest BCUT2D eigenvalue weighted by molar-refractivity contribution is 5.69. The minimum Gasteiger partial charge on any atom is -0.469 e. The Balaban J connectivity index is 2.34. The highest BCUT2D eigenvalue weighted by atomic mass is 16.5. The number of methoxy groups -OCH3 is 1. The van der Waals surface area contributed by atoms with Gasteiger partial charge in [-0.2, -0.15) is 0 Å². The van der Waals surface area contributed by atoms with E-state index in [0.717, 1.165) is 19.3 Å². The van der Waals surface area contributed by atoms with Crippen molar-refractivity contribution in [2.24, 2.45) is 0 Å². The van der Waals surface area contributed by atoms with Crippen molar-refractivity contribution in [1.29, 1.82) is 0 Å². The number of aryl methyl sites for hydroxylation is 2. The molecule has 0 heterocycles. The molecule has 0 aliphatic carbocycles. The van der Waals surface area contributed by atoms with E-state index in [9.17, 15) is 4.79 Å². The van der Waals surface area contributed by atoms with Crippen LogP contribution in [0.2, 0.25) is 0 Å². The van der Waals surface area contributed by atoms with Crippen LogP contribution in [0.15, 0.2) is 24.3 Å². The lowest BCUT2D eigenvalue weighted by molar-refractivity contribution is -0.140. The van der Waals surface area contributed by atoms with E-state index >= 15 is 0 Å². The van der Waals surface area contributed by atoms with Gasteiger partial charge in [0.15, 0.2) is 0 Å². The van der Waals surface area contributed by atoms with Crippen molar-refractivity contribution < 1.29 is 9.53 Å². The third kappa shape index (κ3) is 4.47. The molecule has 0 aliphatic heterocycles. The number of hydrogen-bond acceptors (Lipinski definition) is 2. The van der Waals surface area contributed by atoms with Crippen molar-refractivity contribution in [2.45, 2.75) is 39.0 Å². The Morgan fingerprint density at radius 1 is 1.12 bits per heavy atom. The van der Waals surface area contributed by atoms with Crippen molar-refractivity contribution >= 4 is 5.97 Å². The first-order valence-electron chi connectivity index (χ1n) is 5.91. The molecule has 0 aromatic heterocycles. The summed E-state index contributed by atoms with van der Waals surface area (Å²) in [7, 11) is 1.43. The summed E-state index contributed by atoms with van der Waals surface area (Å²) >= 11 is 0. The summed E-state index contributed by atoms with van der Waals surface area (Å²) in [5, 5.41) is 0. The van der Waals surface area contributed by atoms with Gasteiger partial charge in [0.2, 0.25) is 0 Å². The number of ether oxygens (including phenoxy) is 1. The van der Waals surface area contributed by atoms with Crippen LogP contribution in [-0.4, -0.2) is 13.1 Å². The fourth-order valence-electron chi connectivity index (χ4n) is 1.70. The second kappa shape index (κ2) is 7.04. The zero-order valence-corrected chi connectivity index (χ0v) is 10.2. The molecule has 0 amide bonds. The Hall–Kier alpha value is -1.31. The zero-order valence-electron chi connectivity index (χ0n) is 10.2. The van der Waals surface area contributed by atoms with E-state index in [1.807, 2.05) is 0 Å². The van der Waals surface area contributed by atoms with Gasteiger partial charge in [-0.25, -0.2) is 0 Å². The van der Waals surface area contributed by atoms with Crippen LogP contribution in [0.3, 0.4) is 0 Å². The monoisotopic (exact) mass is 220 g/mol. The Morgan fingerprint density at radius 2 is 1.69 bits per heavy atom. The maximum Gasteiger partial charge on any atom is 0.305 e. The lowest BCUT2D eigenvalue weighted by atomic mass is 10.0. The van der Waals surface area contributed by atoms with Crippen LogP contribution >= 0.6 is 0 Å². The van der Waals surface area contributed by atoms with Crippen molar-refractivity contribution in [3.05, 3.63) is 35.4 Å². The first-order valence-corrected chi connectivity index (χ1v) is 5.91. The topological polar surface area (TPSA) is 26.3 Å². The number of benzene rings is 1. The molecule has 0 saturated heterocycles. The molecule has 0 spiro atoms. The number of carbonyl (C=O) groups excluding carboxylic acids is 1. The number of hydrogen-bond donors (Lipinski definition) is 0. The molecule has 16 heavy (non-hydrogen) atoms. The van der Waals surface area contributed by atoms with E-state index < -0.39 is 0 Å². The largest absolute Gasteiger partial charge is 0.469 e. The average molecular weight is 220 g/mol. The molecule has 2 heteroatoms. The molecule has 0 saturated carbocycles. The van der Waals surface area contributed by atoms with Crippen LogP contribution in [0, 0.1) is 0 Å². The smallest absolute Gasteiger partial charge is 0.305 e. The standard InChI is InChI=1S/C14H20O2/c1-3-5-12-8-10-13(11-9-12)6-4-7-14(15)16-2/h8-11H,3-7H2,1-2H3. The SMILES string of the molecule is CCCc1ccc(CCCC(=O)OC)cc1. The normalized spacial score (nSPS) is 10.1. The quantitative estimate of drug-likeness (QED) is 0.688. The molecule has 1 aromatic carbocycles. The summed E-state index contributed by atoms with van der Waals surface area (Å²) in [4.78, 5) is 10.9. The molecular weight excluding hydrogens is 200 g/mol. The molecule has 0 unspecified atom stereocenters. The van der Waals surface area contributed by atoms with Crippen molar-refractivity contribution in [1.82, 2.24) is 0 Å². The predicted molar refractivity (Wildman–Crippen MR) is 65.4 cm³/mol. The third-order valence-corrected chi connectivity index (χ3v) is 2.64. The minimum absolute atomic E-state index is 0.123. The zero-order chi connectivity index (χ0) is 11.8. The van der Waals surface area contributed by atoms with Crippen molar-refractivity contribution in [3.8, 4) is 0 Å². The number of rotatable bonds is 6. The molecule has 0 atom stereocenters. The molecule has 0 N–H and O–H groups in total. The molecule has 1 rings (SSSR count). The van der Waals surface area contributed by atoms with Gasteiger partial charge >= 0.3 is 5.97 Å². The molecular formula is C14H20O2. The van der Waals surface area contributed by atoms with E-state index in [1.54, 1.807) is 0 Å². The summed E-state index contributed by atoms with van der Waals surface area (Å²) in [5.41, 5.74) is 2.68. The van der Waals surface area contributed by atoms with Crippen LogP contribution in [0.5, 0.6) is 0 Å². The van der Waals surface area contributed by atoms with Crippen LogP contribution in [0.4, 0.5) is 0 Å². The van der Waals surface area contributed by atoms with Gasteiger partial charge in [-0.3, -0.25) is 4.79 Å². The highest BCUT2D eigenvalue weighted by Gasteiger charge is 2.00. The molecule has 0 radical (unpaired) electrons. The summed E-state index contributed by atoms with van der Waals surface area (Å²) in [6.07, 6.45) is 4.64. The Morgan fingerprint density at radius 3 is 2.19 bits per heavy atom. The minimum atomic E-state index is -0.123. The van der Waals surface area contributed by atoms with Crippen molar-refractivity contribution in [3.63, 3.8) is 0 Å². The Bertz CT molecular complexity index is 314. The molecule has 0 bridgehead atoms. The molecule has 0 aliphatic rings. The predicted octanol–water partition coefficient (Wildman–Crippen LogP) is 3.13. The number of esters is 1. The first-order chi connectivity index (χ1) is 7.76. The second-order valence-corrected chi connectivity index (χ2v) is 4.00. The van der Waals surface area contributed by atoms with E-state index in [-0.39, 0.29) is 5.97 Å². The van der Waals surface area contributed by atoms with Gasteiger partial charge in [-0.1, -0.05) is 37.6 Å². The Kier molecular flexibility index (Phi) is 5.62. The summed E-state index contributed by atoms with van der Waals surface area (Å²) in [6, 6.07) is 8.67. The van der Waals surface area contributed by atoms with Crippen LogP contribution in [0.1, 0.15) is 37.3 Å². The van der Waals surface area contributed by atoms with Gasteiger partial charge in [0.25, 0.3) is 0 Å². The van der Waals surface area contributed by atoms with Crippen molar-refractivity contribution in [2.75, 3.05) is 7.11 Å². The van der Waals surface area contributed by atoms with E-state index in [1.165, 1.54) is 24.7 Å². The van der Waals surface area contributed by atoms with Gasteiger partial charge in [-0.15, -0.1) is 0 Å². The van der Waals surface area contributed by atoms with Gasteiger partial charge in [-0.05, 0) is 30.4 Å². The van der Waals surface area contributed by atoms with E-state index in [2.05, 4.69) is 35.9 Å². The molecule has 2 nitrogen and oxygen atoms in total. The van der Waals surface area contributed by atoms with Gasteiger partial charge in [0.05, 0.1) is 7.11 Å². The number of carbonyl (C=O) groups is 1. The van der Waals surface area contributed by atoms with Gasteiger partial charge < -0.3 is 4.74 Å². The lowest BCUT2D eigenvalue weighted by Crippen LogP contribution is -2.00. The summed E-state index contributed by atoms with van der Waals surface area (Å²) < 4.78 is 4.60. The third-order valence-electron chi connectivity index (χ3n) is 2.64. The van der Waals surface area contributed by atoms with Crippen LogP contribution in [0.25, 0.3) is 0 Å². The molecule has 88 valence electrons. The summed E-state index contributed by atoms with van der Waals surface area (Å²) in [6.45, 7) is 2.18. The lowest BCUT2D eigenvalue weighted by Gasteiger charge is -2.03. The summed E-state index contributed by atoms with van der Waals surface area (Å²) in [5.74, 6) is -0.123. The van der Waals surface area contributed by atoms with Gasteiger partial charge in [0.1, 0.15) is 0 Å². The second-order valence-electron chi connectivity index (χ2n) is 4.00. The van der Waals surface area contributed by atoms with E-state index in [0.29, 0.717) is 6.42 Å². The molecule has 1 aromatic rings. The Labute approximate surface area is 97.6 Å². The average Bonchev–Trinajstić information content (AvgIpc) is 2.31. The highest BCUT2D eigenvalue weighted by Crippen LogP contribution is 2.09. The molecule has 0 fully saturated rings. The van der Waals surface area contributed by atoms with E-state index in [4.69, 9.17) is 0 Å². The van der Waals surface area contributed by atoms with Crippen LogP contribution in [-0.2, 0) is 22.4 Å². The van der Waals surface area contributed by atoms with Gasteiger partial charge in [0, 0.05) is 6.42 Å². The van der Waals surface area contributed by atoms with Crippen LogP contribution < -0.4 is 0 Å². The first kappa shape index (κ1) is 12.8.